The molecule has 1 nitrogen and oxygen atoms in total. The van der Waals surface area contributed by atoms with E-state index in [9.17, 15) is 8.78 Å². The first kappa shape index (κ1) is 9.26. The van der Waals surface area contributed by atoms with Crippen molar-refractivity contribution in [3.05, 3.63) is 0 Å². The van der Waals surface area contributed by atoms with Gasteiger partial charge in [0.2, 0.25) is 0 Å². The molecule has 0 bridgehead atoms. The maximum absolute atomic E-state index is 12.9. The number of hydrogen-bond donors (Lipinski definition) is 1. The predicted molar refractivity (Wildman–Crippen MR) is 41.8 cm³/mol. The highest BCUT2D eigenvalue weighted by atomic mass is 32.2. The molecular formula is C7H12F2OS. The normalized spacial score (nSPS) is 42.8. The van der Waals surface area contributed by atoms with Crippen LogP contribution in [0.4, 0.5) is 8.78 Å². The van der Waals surface area contributed by atoms with Gasteiger partial charge in [-0.1, -0.05) is 13.8 Å². The summed E-state index contributed by atoms with van der Waals surface area (Å²) in [5.74, 6) is -3.60. The number of aliphatic hydroxyl groups excluding tert-OH is 1. The molecule has 1 heterocycles. The number of rotatable bonds is 1. The fourth-order valence-corrected chi connectivity index (χ4v) is 2.63. The zero-order valence-corrected chi connectivity index (χ0v) is 7.37. The molecule has 11 heavy (non-hydrogen) atoms. The van der Waals surface area contributed by atoms with Gasteiger partial charge in [0.15, 0.2) is 5.44 Å². The maximum atomic E-state index is 12.9. The monoisotopic (exact) mass is 182 g/mol. The number of hydrogen-bond acceptors (Lipinski definition) is 2. The molecule has 1 unspecified atom stereocenters. The summed E-state index contributed by atoms with van der Waals surface area (Å²) in [6.45, 7) is 3.36. The molecule has 66 valence electrons. The first-order valence-corrected chi connectivity index (χ1v) is 4.65. The van der Waals surface area contributed by atoms with Crippen molar-refractivity contribution in [2.45, 2.75) is 36.9 Å². The van der Waals surface area contributed by atoms with E-state index < -0.39 is 17.3 Å². The zero-order chi connectivity index (χ0) is 8.65. The lowest BCUT2D eigenvalue weighted by Gasteiger charge is -2.18. The summed E-state index contributed by atoms with van der Waals surface area (Å²) in [5.41, 5.74) is -1.50. The Kier molecular flexibility index (Phi) is 2.44. The Balaban J connectivity index is 2.71. The van der Waals surface area contributed by atoms with Crippen molar-refractivity contribution in [2.75, 3.05) is 0 Å². The summed E-state index contributed by atoms with van der Waals surface area (Å²) in [6, 6.07) is 0. The van der Waals surface area contributed by atoms with Gasteiger partial charge in [0.05, 0.1) is 0 Å². The molecule has 0 aliphatic carbocycles. The highest BCUT2D eigenvalue weighted by Gasteiger charge is 2.54. The number of halogens is 2. The third-order valence-corrected chi connectivity index (χ3v) is 3.86. The van der Waals surface area contributed by atoms with Crippen LogP contribution in [-0.2, 0) is 0 Å². The van der Waals surface area contributed by atoms with Gasteiger partial charge in [-0.15, -0.1) is 11.8 Å². The van der Waals surface area contributed by atoms with Crippen LogP contribution in [0.5, 0.6) is 0 Å². The fraction of sp³-hybridized carbons (Fsp3) is 1.00. The van der Waals surface area contributed by atoms with Crippen LogP contribution < -0.4 is 0 Å². The second-order valence-electron chi connectivity index (χ2n) is 2.90. The average Bonchev–Trinajstić information content (AvgIpc) is 2.14. The van der Waals surface area contributed by atoms with Crippen molar-refractivity contribution < 1.29 is 13.9 Å². The summed E-state index contributed by atoms with van der Waals surface area (Å²) < 4.78 is 25.8. The summed E-state index contributed by atoms with van der Waals surface area (Å²) in [6.07, 6.45) is 0.693. The highest BCUT2D eigenvalue weighted by Crippen LogP contribution is 2.48. The summed E-state index contributed by atoms with van der Waals surface area (Å²) >= 11 is 0.986. The van der Waals surface area contributed by atoms with Gasteiger partial charge in [0, 0.05) is 11.2 Å². The minimum atomic E-state index is -2.90. The van der Waals surface area contributed by atoms with Gasteiger partial charge < -0.3 is 5.11 Å². The Hall–Kier alpha value is 0.170. The van der Waals surface area contributed by atoms with E-state index in [-0.39, 0.29) is 5.25 Å². The first-order valence-electron chi connectivity index (χ1n) is 3.71. The van der Waals surface area contributed by atoms with E-state index in [1.54, 1.807) is 0 Å². The standard InChI is InChI=1S/C7H12F2OS/c1-3-5-4(2)7(8,9)6(10)11-5/h4-6,10H,3H2,1-2H3/t4-,5-,6?/m1/s1. The van der Waals surface area contributed by atoms with Crippen LogP contribution in [0, 0.1) is 5.92 Å². The number of aliphatic hydroxyl groups is 1. The van der Waals surface area contributed by atoms with Crippen LogP contribution in [0.1, 0.15) is 20.3 Å². The second kappa shape index (κ2) is 2.90. The minimum absolute atomic E-state index is 0.0972. The molecule has 0 aromatic heterocycles. The van der Waals surface area contributed by atoms with E-state index in [2.05, 4.69) is 0 Å². The van der Waals surface area contributed by atoms with Crippen molar-refractivity contribution in [3.63, 3.8) is 0 Å². The van der Waals surface area contributed by atoms with Crippen LogP contribution in [0.2, 0.25) is 0 Å². The second-order valence-corrected chi connectivity index (χ2v) is 4.22. The molecule has 3 atom stereocenters. The molecule has 0 radical (unpaired) electrons. The van der Waals surface area contributed by atoms with E-state index >= 15 is 0 Å². The molecule has 1 saturated heterocycles. The van der Waals surface area contributed by atoms with Crippen molar-refractivity contribution >= 4 is 11.8 Å². The average molecular weight is 182 g/mol. The lowest BCUT2D eigenvalue weighted by atomic mass is 9.99. The van der Waals surface area contributed by atoms with Crippen LogP contribution in [0.25, 0.3) is 0 Å². The quantitative estimate of drug-likeness (QED) is 0.670. The van der Waals surface area contributed by atoms with Crippen molar-refractivity contribution in [2.24, 2.45) is 5.92 Å². The van der Waals surface area contributed by atoms with Crippen molar-refractivity contribution in [3.8, 4) is 0 Å². The summed E-state index contributed by atoms with van der Waals surface area (Å²) in [4.78, 5) is 0. The van der Waals surface area contributed by atoms with Gasteiger partial charge in [0.1, 0.15) is 0 Å². The van der Waals surface area contributed by atoms with Gasteiger partial charge in [-0.25, -0.2) is 8.78 Å². The predicted octanol–water partition coefficient (Wildman–Crippen LogP) is 2.10. The molecule has 1 rings (SSSR count). The molecule has 1 fully saturated rings. The van der Waals surface area contributed by atoms with Crippen molar-refractivity contribution in [1.29, 1.82) is 0 Å². The lowest BCUT2D eigenvalue weighted by molar-refractivity contribution is -0.0965. The van der Waals surface area contributed by atoms with Crippen LogP contribution >= 0.6 is 11.8 Å². The number of alkyl halides is 2. The molecule has 1 aliphatic rings. The summed E-state index contributed by atoms with van der Waals surface area (Å²) in [5, 5.41) is 8.84. The Labute approximate surface area is 69.2 Å². The van der Waals surface area contributed by atoms with Gasteiger partial charge >= 0.3 is 0 Å². The van der Waals surface area contributed by atoms with Gasteiger partial charge in [0.25, 0.3) is 5.92 Å². The SMILES string of the molecule is CC[C@H]1SC(O)C(F)(F)[C@@H]1C. The molecule has 1 aliphatic heterocycles. The van der Waals surface area contributed by atoms with E-state index in [0.717, 1.165) is 11.8 Å². The van der Waals surface area contributed by atoms with Crippen molar-refractivity contribution in [1.82, 2.24) is 0 Å². The Morgan fingerprint density at radius 2 is 2.09 bits per heavy atom. The fourth-order valence-electron chi connectivity index (χ4n) is 1.30. The molecule has 0 aromatic rings. The Bertz CT molecular complexity index is 151. The van der Waals surface area contributed by atoms with E-state index in [1.807, 2.05) is 6.92 Å². The molecular weight excluding hydrogens is 170 g/mol. The minimum Gasteiger partial charge on any atom is -0.376 e. The van der Waals surface area contributed by atoms with Gasteiger partial charge in [-0.05, 0) is 6.42 Å². The smallest absolute Gasteiger partial charge is 0.286 e. The third-order valence-electron chi connectivity index (χ3n) is 2.20. The number of thioether (sulfide) groups is 1. The maximum Gasteiger partial charge on any atom is 0.286 e. The topological polar surface area (TPSA) is 20.2 Å². The van der Waals surface area contributed by atoms with Crippen LogP contribution in [0.3, 0.4) is 0 Å². The molecule has 0 spiro atoms. The van der Waals surface area contributed by atoms with Gasteiger partial charge in [-0.2, -0.15) is 0 Å². The van der Waals surface area contributed by atoms with E-state index in [0.29, 0.717) is 6.42 Å². The molecule has 0 aromatic carbocycles. The zero-order valence-electron chi connectivity index (χ0n) is 6.55. The Morgan fingerprint density at radius 3 is 2.27 bits per heavy atom. The van der Waals surface area contributed by atoms with Crippen LogP contribution in [-0.4, -0.2) is 21.7 Å². The molecule has 0 saturated carbocycles. The van der Waals surface area contributed by atoms with E-state index in [4.69, 9.17) is 5.11 Å². The Morgan fingerprint density at radius 1 is 1.55 bits per heavy atom. The third kappa shape index (κ3) is 1.38. The largest absolute Gasteiger partial charge is 0.376 e. The van der Waals surface area contributed by atoms with E-state index in [1.165, 1.54) is 6.92 Å². The summed E-state index contributed by atoms with van der Waals surface area (Å²) in [7, 11) is 0. The lowest BCUT2D eigenvalue weighted by Crippen LogP contribution is -2.32. The molecule has 4 heteroatoms. The highest BCUT2D eigenvalue weighted by molar-refractivity contribution is 8.00. The van der Waals surface area contributed by atoms with Crippen LogP contribution in [0.15, 0.2) is 0 Å². The molecule has 0 amide bonds. The molecule has 1 N–H and O–H groups in total. The van der Waals surface area contributed by atoms with Gasteiger partial charge in [-0.3, -0.25) is 0 Å². The first-order chi connectivity index (χ1) is 5.00.